The molecule has 0 aliphatic heterocycles. The summed E-state index contributed by atoms with van der Waals surface area (Å²) in [5.41, 5.74) is 8.98. The van der Waals surface area contributed by atoms with Crippen LogP contribution in [0.15, 0.2) is 60.7 Å². The number of para-hydroxylation sites is 1. The van der Waals surface area contributed by atoms with Gasteiger partial charge in [-0.25, -0.2) is 9.37 Å². The molecule has 29 heavy (non-hydrogen) atoms. The van der Waals surface area contributed by atoms with E-state index in [4.69, 9.17) is 10.5 Å². The number of methoxy groups -OCH3 is 1. The van der Waals surface area contributed by atoms with Crippen molar-refractivity contribution in [2.24, 2.45) is 0 Å². The van der Waals surface area contributed by atoms with Crippen LogP contribution in [0.25, 0.3) is 21.5 Å². The maximum atomic E-state index is 13.2. The molecule has 5 nitrogen and oxygen atoms in total. The Kier molecular flexibility index (Phi) is 5.14. The summed E-state index contributed by atoms with van der Waals surface area (Å²) in [4.78, 5) is 18.4. The number of thiophene rings is 1. The molecule has 0 saturated carbocycles. The molecule has 0 atom stereocenters. The maximum Gasteiger partial charge on any atom is 0.263 e. The average molecular weight is 407 g/mol. The summed E-state index contributed by atoms with van der Waals surface area (Å²) in [5.74, 6) is 0.145. The van der Waals surface area contributed by atoms with Gasteiger partial charge in [-0.3, -0.25) is 4.79 Å². The number of hydrogen-bond donors (Lipinski definition) is 2. The molecule has 0 saturated heterocycles. The first-order valence-electron chi connectivity index (χ1n) is 8.92. The van der Waals surface area contributed by atoms with Crippen molar-refractivity contribution in [1.82, 2.24) is 10.3 Å². The van der Waals surface area contributed by atoms with Gasteiger partial charge in [-0.2, -0.15) is 0 Å². The predicted molar refractivity (Wildman–Crippen MR) is 114 cm³/mol. The number of fused-ring (bicyclic) bond motifs is 1. The number of ether oxygens (including phenoxy) is 1. The number of aromatic nitrogens is 1. The van der Waals surface area contributed by atoms with Gasteiger partial charge in [0.1, 0.15) is 21.3 Å². The number of nitrogens with two attached hydrogens (primary N) is 1. The highest BCUT2D eigenvalue weighted by molar-refractivity contribution is 7.21. The second-order valence-corrected chi connectivity index (χ2v) is 7.39. The minimum atomic E-state index is -0.302. The number of nitrogens with zero attached hydrogens (tertiary/aromatic N) is 1. The lowest BCUT2D eigenvalue weighted by Crippen LogP contribution is -2.22. The molecule has 1 amide bonds. The van der Waals surface area contributed by atoms with Crippen LogP contribution in [0, 0.1) is 5.82 Å². The third-order valence-corrected chi connectivity index (χ3v) is 5.69. The molecule has 146 valence electrons. The Morgan fingerprint density at radius 1 is 1.14 bits per heavy atom. The summed E-state index contributed by atoms with van der Waals surface area (Å²) in [6.07, 6.45) is 0. The molecule has 0 spiro atoms. The van der Waals surface area contributed by atoms with Crippen LogP contribution in [0.5, 0.6) is 5.75 Å². The second-order valence-electron chi connectivity index (χ2n) is 6.40. The molecule has 2 aromatic heterocycles. The average Bonchev–Trinajstić information content (AvgIpc) is 3.08. The molecule has 0 fully saturated rings. The summed E-state index contributed by atoms with van der Waals surface area (Å²) in [6, 6.07) is 17.3. The molecular weight excluding hydrogens is 389 g/mol. The Hall–Kier alpha value is -3.45. The number of nitrogen functional groups attached to an aromatic ring is 1. The van der Waals surface area contributed by atoms with E-state index in [9.17, 15) is 9.18 Å². The van der Waals surface area contributed by atoms with Gasteiger partial charge in [0.15, 0.2) is 0 Å². The van der Waals surface area contributed by atoms with E-state index in [-0.39, 0.29) is 11.7 Å². The number of halogens is 1. The van der Waals surface area contributed by atoms with Crippen molar-refractivity contribution in [1.29, 1.82) is 0 Å². The van der Waals surface area contributed by atoms with Gasteiger partial charge in [0, 0.05) is 23.1 Å². The number of nitrogens with one attached hydrogen (secondary N) is 1. The van der Waals surface area contributed by atoms with Crippen LogP contribution in [0.3, 0.4) is 0 Å². The van der Waals surface area contributed by atoms with Crippen molar-refractivity contribution in [3.63, 3.8) is 0 Å². The number of carbonyl (C=O) groups is 1. The van der Waals surface area contributed by atoms with Crippen molar-refractivity contribution < 1.29 is 13.9 Å². The highest BCUT2D eigenvalue weighted by atomic mass is 32.1. The van der Waals surface area contributed by atoms with Gasteiger partial charge in [-0.15, -0.1) is 11.3 Å². The lowest BCUT2D eigenvalue weighted by atomic mass is 10.1. The van der Waals surface area contributed by atoms with Crippen molar-refractivity contribution >= 4 is 33.1 Å². The first-order chi connectivity index (χ1) is 14.1. The first kappa shape index (κ1) is 18.9. The smallest absolute Gasteiger partial charge is 0.263 e. The van der Waals surface area contributed by atoms with E-state index in [1.165, 1.54) is 23.5 Å². The van der Waals surface area contributed by atoms with Crippen LogP contribution in [0.4, 0.5) is 10.1 Å². The number of amides is 1. The third kappa shape index (κ3) is 3.77. The van der Waals surface area contributed by atoms with Crippen LogP contribution in [0.2, 0.25) is 0 Å². The van der Waals surface area contributed by atoms with Crippen LogP contribution in [0.1, 0.15) is 15.2 Å². The SMILES string of the molecule is COc1ccccc1CNC(=O)c1sc2nc(-c3ccc(F)cc3)ccc2c1N. The number of pyridine rings is 1. The fourth-order valence-corrected chi connectivity index (χ4v) is 4.06. The van der Waals surface area contributed by atoms with E-state index in [1.807, 2.05) is 36.4 Å². The molecule has 0 radical (unpaired) electrons. The molecule has 3 N–H and O–H groups in total. The number of anilines is 1. The topological polar surface area (TPSA) is 77.2 Å². The van der Waals surface area contributed by atoms with Crippen LogP contribution >= 0.6 is 11.3 Å². The van der Waals surface area contributed by atoms with E-state index < -0.39 is 0 Å². The minimum absolute atomic E-state index is 0.264. The van der Waals surface area contributed by atoms with Crippen molar-refractivity contribution in [3.05, 3.63) is 76.9 Å². The Labute approximate surface area is 171 Å². The summed E-state index contributed by atoms with van der Waals surface area (Å²) in [7, 11) is 1.59. The fourth-order valence-electron chi connectivity index (χ4n) is 3.05. The van der Waals surface area contributed by atoms with Gasteiger partial charge < -0.3 is 15.8 Å². The zero-order valence-corrected chi connectivity index (χ0v) is 16.4. The van der Waals surface area contributed by atoms with Gasteiger partial charge in [-0.05, 0) is 42.5 Å². The molecule has 0 aliphatic carbocycles. The molecule has 0 aliphatic rings. The van der Waals surface area contributed by atoms with Gasteiger partial charge in [0.2, 0.25) is 0 Å². The highest BCUT2D eigenvalue weighted by Gasteiger charge is 2.18. The highest BCUT2D eigenvalue weighted by Crippen LogP contribution is 2.34. The number of carbonyl (C=O) groups excluding carboxylic acids is 1. The number of benzene rings is 2. The quantitative estimate of drug-likeness (QED) is 0.506. The van der Waals surface area contributed by atoms with E-state index in [0.29, 0.717) is 33.4 Å². The largest absolute Gasteiger partial charge is 0.496 e. The van der Waals surface area contributed by atoms with E-state index in [2.05, 4.69) is 10.3 Å². The number of hydrogen-bond acceptors (Lipinski definition) is 5. The molecule has 7 heteroatoms. The molecule has 4 rings (SSSR count). The maximum absolute atomic E-state index is 13.2. The summed E-state index contributed by atoms with van der Waals surface area (Å²) in [5, 5.41) is 3.61. The molecular formula is C22H18FN3O2S. The fraction of sp³-hybridized carbons (Fsp3) is 0.0909. The third-order valence-electron chi connectivity index (χ3n) is 4.57. The Bertz CT molecular complexity index is 1190. The van der Waals surface area contributed by atoms with Gasteiger partial charge in [-0.1, -0.05) is 18.2 Å². The van der Waals surface area contributed by atoms with E-state index in [0.717, 1.165) is 16.5 Å². The Morgan fingerprint density at radius 2 is 1.90 bits per heavy atom. The Morgan fingerprint density at radius 3 is 2.66 bits per heavy atom. The molecule has 2 aromatic carbocycles. The second kappa shape index (κ2) is 7.89. The van der Waals surface area contributed by atoms with Crippen molar-refractivity contribution in [2.45, 2.75) is 6.54 Å². The summed E-state index contributed by atoms with van der Waals surface area (Å²) < 4.78 is 18.5. The Balaban J connectivity index is 1.59. The normalized spacial score (nSPS) is 10.8. The van der Waals surface area contributed by atoms with Crippen molar-refractivity contribution in [3.8, 4) is 17.0 Å². The lowest BCUT2D eigenvalue weighted by molar-refractivity contribution is 0.0955. The molecule has 4 aromatic rings. The zero-order chi connectivity index (χ0) is 20.4. The van der Waals surface area contributed by atoms with Crippen LogP contribution in [-0.2, 0) is 6.54 Å². The van der Waals surface area contributed by atoms with Gasteiger partial charge in [0.05, 0.1) is 18.5 Å². The lowest BCUT2D eigenvalue weighted by Gasteiger charge is -2.09. The molecule has 0 bridgehead atoms. The van der Waals surface area contributed by atoms with Crippen molar-refractivity contribution in [2.75, 3.05) is 12.8 Å². The van der Waals surface area contributed by atoms with Crippen LogP contribution < -0.4 is 15.8 Å². The zero-order valence-electron chi connectivity index (χ0n) is 15.6. The first-order valence-corrected chi connectivity index (χ1v) is 9.73. The summed E-state index contributed by atoms with van der Waals surface area (Å²) >= 11 is 1.24. The van der Waals surface area contributed by atoms with Crippen LogP contribution in [-0.4, -0.2) is 18.0 Å². The van der Waals surface area contributed by atoms with Gasteiger partial charge in [0.25, 0.3) is 5.91 Å². The molecule has 0 unspecified atom stereocenters. The monoisotopic (exact) mass is 407 g/mol. The van der Waals surface area contributed by atoms with E-state index in [1.54, 1.807) is 19.2 Å². The number of rotatable bonds is 5. The van der Waals surface area contributed by atoms with Gasteiger partial charge >= 0.3 is 0 Å². The van der Waals surface area contributed by atoms with E-state index >= 15 is 0 Å². The summed E-state index contributed by atoms with van der Waals surface area (Å²) in [6.45, 7) is 0.324. The molecule has 2 heterocycles. The minimum Gasteiger partial charge on any atom is -0.496 e. The standard InChI is InChI=1S/C22H18FN3O2S/c1-28-18-5-3-2-4-14(18)12-25-21(27)20-19(24)16-10-11-17(26-22(16)29-20)13-6-8-15(23)9-7-13/h2-11H,12,24H2,1H3,(H,25,27). The predicted octanol–water partition coefficient (Wildman–Crippen LogP) is 4.62.